The number of benzene rings is 2. The van der Waals surface area contributed by atoms with Crippen LogP contribution in [0.5, 0.6) is 0 Å². The van der Waals surface area contributed by atoms with Gasteiger partial charge >= 0.3 is 0 Å². The molecule has 1 aliphatic rings. The Bertz CT molecular complexity index is 564. The molecule has 0 aliphatic carbocycles. The second-order valence-electron chi connectivity index (χ2n) is 6.02. The molecule has 0 aromatic heterocycles. The van der Waals surface area contributed by atoms with E-state index in [1.807, 2.05) is 11.8 Å². The zero-order valence-electron chi connectivity index (χ0n) is 13.3. The van der Waals surface area contributed by atoms with Gasteiger partial charge in [0, 0.05) is 16.6 Å². The number of hydrogen-bond donors (Lipinski definition) is 0. The van der Waals surface area contributed by atoms with Crippen LogP contribution >= 0.6 is 24.2 Å². The maximum absolute atomic E-state index is 2.33. The summed E-state index contributed by atoms with van der Waals surface area (Å²) in [6.45, 7) is 1.16. The molecule has 3 rings (SSSR count). The Labute approximate surface area is 144 Å². The van der Waals surface area contributed by atoms with Gasteiger partial charge in [-0.1, -0.05) is 42.5 Å². The predicted molar refractivity (Wildman–Crippen MR) is 99.3 cm³/mol. The molecule has 1 heterocycles. The van der Waals surface area contributed by atoms with E-state index in [4.69, 9.17) is 0 Å². The standard InChI is InChI=1S/C19H23NS.ClH/c1-20(2)13-7-11-17-16-9-4-3-8-15(16)14-21-19-12-6-5-10-18(17)19;/h3-6,8-10,12,17H,7,11,13-14H2,1-2H3;1H. The van der Waals surface area contributed by atoms with Crippen LogP contribution in [0.25, 0.3) is 0 Å². The Kier molecular flexibility index (Phi) is 6.37. The maximum atomic E-state index is 2.33. The number of hydrogen-bond acceptors (Lipinski definition) is 2. The first-order chi connectivity index (χ1) is 10.3. The number of fused-ring (bicyclic) bond motifs is 2. The van der Waals surface area contributed by atoms with Gasteiger partial charge in [0.1, 0.15) is 0 Å². The number of halogens is 1. The second kappa shape index (κ2) is 8.05. The van der Waals surface area contributed by atoms with Crippen LogP contribution in [-0.2, 0) is 5.75 Å². The van der Waals surface area contributed by atoms with Crippen molar-refractivity contribution >= 4 is 24.2 Å². The minimum Gasteiger partial charge on any atom is -0.309 e. The van der Waals surface area contributed by atoms with E-state index in [2.05, 4.69) is 67.5 Å². The van der Waals surface area contributed by atoms with Crippen molar-refractivity contribution in [2.24, 2.45) is 0 Å². The van der Waals surface area contributed by atoms with Gasteiger partial charge in [0.2, 0.25) is 0 Å². The van der Waals surface area contributed by atoms with E-state index in [0.29, 0.717) is 5.92 Å². The average Bonchev–Trinajstić information content (AvgIpc) is 2.65. The zero-order chi connectivity index (χ0) is 14.7. The lowest BCUT2D eigenvalue weighted by Crippen LogP contribution is -2.14. The van der Waals surface area contributed by atoms with Gasteiger partial charge in [-0.15, -0.1) is 24.2 Å². The highest BCUT2D eigenvalue weighted by Gasteiger charge is 2.23. The molecular formula is C19H24ClNS. The molecule has 118 valence electrons. The van der Waals surface area contributed by atoms with E-state index >= 15 is 0 Å². The summed E-state index contributed by atoms with van der Waals surface area (Å²) in [5.74, 6) is 1.64. The molecule has 3 heteroatoms. The van der Waals surface area contributed by atoms with Crippen LogP contribution in [0, 0.1) is 0 Å². The average molecular weight is 334 g/mol. The van der Waals surface area contributed by atoms with Gasteiger partial charge in [0.05, 0.1) is 0 Å². The van der Waals surface area contributed by atoms with Crippen molar-refractivity contribution in [1.82, 2.24) is 4.90 Å². The molecular weight excluding hydrogens is 310 g/mol. The third-order valence-electron chi connectivity index (χ3n) is 4.21. The Hall–Kier alpha value is -0.960. The van der Waals surface area contributed by atoms with Gasteiger partial charge in [-0.25, -0.2) is 0 Å². The zero-order valence-corrected chi connectivity index (χ0v) is 14.9. The van der Waals surface area contributed by atoms with Crippen LogP contribution < -0.4 is 0 Å². The molecule has 0 spiro atoms. The topological polar surface area (TPSA) is 3.24 Å². The molecule has 0 fully saturated rings. The largest absolute Gasteiger partial charge is 0.309 e. The SMILES string of the molecule is CN(C)CCCC1c2ccccc2CSc2ccccc21.Cl. The van der Waals surface area contributed by atoms with Gasteiger partial charge in [0.15, 0.2) is 0 Å². The summed E-state index contributed by atoms with van der Waals surface area (Å²) in [5, 5.41) is 0. The van der Waals surface area contributed by atoms with Crippen LogP contribution in [0.2, 0.25) is 0 Å². The van der Waals surface area contributed by atoms with E-state index in [9.17, 15) is 0 Å². The summed E-state index contributed by atoms with van der Waals surface area (Å²) in [5.41, 5.74) is 4.56. The molecule has 0 amide bonds. The Morgan fingerprint density at radius 2 is 1.68 bits per heavy atom. The van der Waals surface area contributed by atoms with E-state index < -0.39 is 0 Å². The minimum absolute atomic E-state index is 0. The summed E-state index contributed by atoms with van der Waals surface area (Å²) in [6, 6.07) is 18.0. The van der Waals surface area contributed by atoms with Crippen molar-refractivity contribution in [3.8, 4) is 0 Å². The van der Waals surface area contributed by atoms with Crippen molar-refractivity contribution in [2.45, 2.75) is 29.4 Å². The Balaban J connectivity index is 0.00000176. The highest BCUT2D eigenvalue weighted by Crippen LogP contribution is 2.42. The highest BCUT2D eigenvalue weighted by atomic mass is 35.5. The molecule has 1 nitrogen and oxygen atoms in total. The maximum Gasteiger partial charge on any atom is 0.0235 e. The van der Waals surface area contributed by atoms with Crippen LogP contribution in [0.1, 0.15) is 35.4 Å². The normalized spacial score (nSPS) is 16.4. The highest BCUT2D eigenvalue weighted by molar-refractivity contribution is 7.98. The summed E-state index contributed by atoms with van der Waals surface area (Å²) in [7, 11) is 4.32. The second-order valence-corrected chi connectivity index (χ2v) is 7.04. The molecule has 2 aromatic rings. The number of thioether (sulfide) groups is 1. The fraction of sp³-hybridized carbons (Fsp3) is 0.368. The van der Waals surface area contributed by atoms with Crippen molar-refractivity contribution in [3.05, 3.63) is 65.2 Å². The van der Waals surface area contributed by atoms with Gasteiger partial charge in [-0.3, -0.25) is 0 Å². The predicted octanol–water partition coefficient (Wildman–Crippen LogP) is 5.19. The van der Waals surface area contributed by atoms with Gasteiger partial charge in [-0.05, 0) is 56.2 Å². The molecule has 2 aromatic carbocycles. The summed E-state index contributed by atoms with van der Waals surface area (Å²) >= 11 is 1.99. The van der Waals surface area contributed by atoms with Crippen molar-refractivity contribution in [2.75, 3.05) is 20.6 Å². The molecule has 22 heavy (non-hydrogen) atoms. The fourth-order valence-electron chi connectivity index (χ4n) is 3.15. The third-order valence-corrected chi connectivity index (χ3v) is 5.34. The lowest BCUT2D eigenvalue weighted by Gasteiger charge is -2.21. The minimum atomic E-state index is 0. The number of nitrogens with zero attached hydrogens (tertiary/aromatic N) is 1. The third kappa shape index (κ3) is 3.87. The molecule has 0 saturated heterocycles. The quantitative estimate of drug-likeness (QED) is 0.757. The van der Waals surface area contributed by atoms with E-state index in [1.165, 1.54) is 34.4 Å². The summed E-state index contributed by atoms with van der Waals surface area (Å²) in [4.78, 5) is 3.74. The summed E-state index contributed by atoms with van der Waals surface area (Å²) < 4.78 is 0. The number of rotatable bonds is 4. The first-order valence-corrected chi connectivity index (χ1v) is 8.68. The van der Waals surface area contributed by atoms with Gasteiger partial charge in [-0.2, -0.15) is 0 Å². The van der Waals surface area contributed by atoms with E-state index in [0.717, 1.165) is 12.3 Å². The molecule has 0 N–H and O–H groups in total. The van der Waals surface area contributed by atoms with Crippen molar-refractivity contribution in [3.63, 3.8) is 0 Å². The van der Waals surface area contributed by atoms with Crippen LogP contribution in [0.15, 0.2) is 53.4 Å². The monoisotopic (exact) mass is 333 g/mol. The molecule has 1 aliphatic heterocycles. The van der Waals surface area contributed by atoms with Crippen LogP contribution in [-0.4, -0.2) is 25.5 Å². The fourth-order valence-corrected chi connectivity index (χ4v) is 4.28. The van der Waals surface area contributed by atoms with E-state index in [-0.39, 0.29) is 12.4 Å². The Morgan fingerprint density at radius 1 is 1.00 bits per heavy atom. The molecule has 0 radical (unpaired) electrons. The van der Waals surface area contributed by atoms with Crippen molar-refractivity contribution in [1.29, 1.82) is 0 Å². The molecule has 0 saturated carbocycles. The first-order valence-electron chi connectivity index (χ1n) is 7.70. The molecule has 0 bridgehead atoms. The molecule has 1 unspecified atom stereocenters. The van der Waals surface area contributed by atoms with E-state index in [1.54, 1.807) is 0 Å². The Morgan fingerprint density at radius 3 is 2.45 bits per heavy atom. The van der Waals surface area contributed by atoms with Crippen LogP contribution in [0.3, 0.4) is 0 Å². The van der Waals surface area contributed by atoms with Crippen LogP contribution in [0.4, 0.5) is 0 Å². The first kappa shape index (κ1) is 17.4. The summed E-state index contributed by atoms with van der Waals surface area (Å²) in [6.07, 6.45) is 2.47. The van der Waals surface area contributed by atoms with Gasteiger partial charge in [0.25, 0.3) is 0 Å². The lowest BCUT2D eigenvalue weighted by molar-refractivity contribution is 0.389. The molecule has 1 atom stereocenters. The van der Waals surface area contributed by atoms with Crippen molar-refractivity contribution < 1.29 is 0 Å². The lowest BCUT2D eigenvalue weighted by atomic mass is 9.85. The van der Waals surface area contributed by atoms with Gasteiger partial charge < -0.3 is 4.90 Å². The smallest absolute Gasteiger partial charge is 0.0235 e.